The van der Waals surface area contributed by atoms with E-state index in [-0.39, 0.29) is 36.3 Å². The predicted molar refractivity (Wildman–Crippen MR) is 125 cm³/mol. The minimum Gasteiger partial charge on any atom is -0.463 e. The molecule has 0 bridgehead atoms. The molecule has 2 aromatic rings. The number of imidazole rings is 1. The number of aromatic nitrogens is 4. The summed E-state index contributed by atoms with van der Waals surface area (Å²) in [7, 11) is 1.67. The van der Waals surface area contributed by atoms with Crippen LogP contribution in [0.1, 0.15) is 70.8 Å². The number of rotatable bonds is 9. The number of ketones is 1. The van der Waals surface area contributed by atoms with E-state index in [2.05, 4.69) is 20.3 Å². The highest BCUT2D eigenvalue weighted by molar-refractivity contribution is 5.85. The minimum absolute atomic E-state index is 0.0320. The first kappa shape index (κ1) is 25.4. The number of aliphatic hydroxyl groups is 1. The fraction of sp³-hybridized carbons (Fsp3) is 0.708. The van der Waals surface area contributed by atoms with E-state index in [1.54, 1.807) is 14.0 Å². The molecule has 11 heteroatoms. The summed E-state index contributed by atoms with van der Waals surface area (Å²) in [5.41, 5.74) is -1.55. The normalized spacial score (nSPS) is 27.3. The van der Waals surface area contributed by atoms with Gasteiger partial charge in [-0.05, 0) is 25.7 Å². The van der Waals surface area contributed by atoms with Crippen LogP contribution >= 0.6 is 0 Å². The third kappa shape index (κ3) is 5.30. The number of alkyl halides is 1. The quantitative estimate of drug-likeness (QED) is 0.509. The highest BCUT2D eigenvalue weighted by Crippen LogP contribution is 2.42. The van der Waals surface area contributed by atoms with Gasteiger partial charge in [0, 0.05) is 19.9 Å². The van der Waals surface area contributed by atoms with Crippen LogP contribution in [0.3, 0.4) is 0 Å². The van der Waals surface area contributed by atoms with Gasteiger partial charge in [0.15, 0.2) is 28.9 Å². The van der Waals surface area contributed by atoms with E-state index < -0.39 is 24.1 Å². The van der Waals surface area contributed by atoms with Crippen LogP contribution in [0.4, 0.5) is 10.2 Å². The molecule has 1 aliphatic heterocycles. The average molecular weight is 492 g/mol. The molecule has 1 saturated heterocycles. The summed E-state index contributed by atoms with van der Waals surface area (Å²) in [6.45, 7) is 2.75. The predicted octanol–water partition coefficient (Wildman–Crippen LogP) is 2.89. The van der Waals surface area contributed by atoms with Gasteiger partial charge < -0.3 is 19.9 Å². The van der Waals surface area contributed by atoms with Gasteiger partial charge >= 0.3 is 5.97 Å². The molecule has 3 heterocycles. The van der Waals surface area contributed by atoms with Gasteiger partial charge in [-0.3, -0.25) is 14.2 Å². The molecule has 4 atom stereocenters. The van der Waals surface area contributed by atoms with E-state index in [9.17, 15) is 14.7 Å². The van der Waals surface area contributed by atoms with Crippen molar-refractivity contribution in [1.29, 1.82) is 0 Å². The lowest BCUT2D eigenvalue weighted by Crippen LogP contribution is -2.41. The first-order chi connectivity index (χ1) is 16.7. The number of fused-ring (bicyclic) bond motifs is 1. The van der Waals surface area contributed by atoms with E-state index in [0.717, 1.165) is 25.7 Å². The van der Waals surface area contributed by atoms with Crippen molar-refractivity contribution in [2.24, 2.45) is 5.92 Å². The molecular formula is C24H34FN5O5. The number of anilines is 1. The van der Waals surface area contributed by atoms with Crippen molar-refractivity contribution in [2.75, 3.05) is 19.0 Å². The Morgan fingerprint density at radius 1 is 1.31 bits per heavy atom. The second-order valence-electron chi connectivity index (χ2n) is 9.65. The maximum Gasteiger partial charge on any atom is 0.306 e. The molecule has 4 rings (SSSR count). The Balaban J connectivity index is 1.52. The molecule has 2 aliphatic rings. The first-order valence-corrected chi connectivity index (χ1v) is 12.4. The molecular weight excluding hydrogens is 457 g/mol. The number of hydrogen-bond donors (Lipinski definition) is 2. The van der Waals surface area contributed by atoms with Crippen LogP contribution in [0.25, 0.3) is 11.2 Å². The van der Waals surface area contributed by atoms with Crippen LogP contribution < -0.4 is 5.32 Å². The Labute approximate surface area is 203 Å². The van der Waals surface area contributed by atoms with Gasteiger partial charge in [-0.15, -0.1) is 0 Å². The highest BCUT2D eigenvalue weighted by Gasteiger charge is 2.55. The first-order valence-electron chi connectivity index (χ1n) is 12.4. The zero-order valence-corrected chi connectivity index (χ0v) is 20.5. The van der Waals surface area contributed by atoms with Crippen LogP contribution in [0, 0.1) is 5.92 Å². The van der Waals surface area contributed by atoms with Crippen molar-refractivity contribution >= 4 is 28.7 Å². The second kappa shape index (κ2) is 10.5. The summed E-state index contributed by atoms with van der Waals surface area (Å²) < 4.78 is 28.4. The molecule has 2 aromatic heterocycles. The van der Waals surface area contributed by atoms with Crippen molar-refractivity contribution < 1.29 is 28.6 Å². The molecule has 0 amide bonds. The molecule has 0 spiro atoms. The number of nitrogens with zero attached hydrogens (tertiary/aromatic N) is 4. The molecule has 10 nitrogen and oxygen atoms in total. The van der Waals surface area contributed by atoms with Gasteiger partial charge in [0.25, 0.3) is 0 Å². The molecule has 2 fully saturated rings. The average Bonchev–Trinajstić information content (AvgIpc) is 3.36. The van der Waals surface area contributed by atoms with E-state index >= 15 is 4.39 Å². The Bertz CT molecular complexity index is 1070. The number of carbonyl (C=O) groups is 2. The maximum absolute atomic E-state index is 15.8. The summed E-state index contributed by atoms with van der Waals surface area (Å²) in [4.78, 5) is 37.4. The van der Waals surface area contributed by atoms with Gasteiger partial charge in [-0.1, -0.05) is 26.2 Å². The molecule has 0 aromatic carbocycles. The third-order valence-corrected chi connectivity index (χ3v) is 7.01. The highest BCUT2D eigenvalue weighted by atomic mass is 19.1. The Morgan fingerprint density at radius 2 is 2.06 bits per heavy atom. The number of aliphatic hydroxyl groups excluding tert-OH is 1. The summed E-state index contributed by atoms with van der Waals surface area (Å²) in [5.74, 6) is 0.608. The molecule has 35 heavy (non-hydrogen) atoms. The zero-order chi connectivity index (χ0) is 25.2. The summed E-state index contributed by atoms with van der Waals surface area (Å²) >= 11 is 0. The van der Waals surface area contributed by atoms with Crippen molar-refractivity contribution in [1.82, 2.24) is 19.5 Å². The fourth-order valence-corrected chi connectivity index (χ4v) is 4.90. The molecule has 0 radical (unpaired) electrons. The number of Topliss-reactive ketones (excluding diaryl/α,β-unsaturated/α-hetero) is 1. The molecule has 2 N–H and O–H groups in total. The molecule has 192 valence electrons. The number of nitrogens with one attached hydrogen (secondary N) is 1. The van der Waals surface area contributed by atoms with E-state index in [0.29, 0.717) is 30.1 Å². The number of esters is 1. The van der Waals surface area contributed by atoms with Crippen molar-refractivity contribution in [3.8, 4) is 0 Å². The van der Waals surface area contributed by atoms with Crippen LogP contribution in [0.5, 0.6) is 0 Å². The van der Waals surface area contributed by atoms with Crippen LogP contribution in [-0.4, -0.2) is 67.9 Å². The topological polar surface area (TPSA) is 128 Å². The van der Waals surface area contributed by atoms with Gasteiger partial charge in [0.1, 0.15) is 30.4 Å². The smallest absolute Gasteiger partial charge is 0.306 e. The van der Waals surface area contributed by atoms with Crippen molar-refractivity contribution in [3.63, 3.8) is 0 Å². The number of halogens is 1. The summed E-state index contributed by atoms with van der Waals surface area (Å²) in [6.07, 6.45) is 3.71. The van der Waals surface area contributed by atoms with Crippen molar-refractivity contribution in [3.05, 3.63) is 12.2 Å². The van der Waals surface area contributed by atoms with Gasteiger partial charge in [0.05, 0.1) is 12.7 Å². The lowest BCUT2D eigenvalue weighted by atomic mass is 9.87. The third-order valence-electron chi connectivity index (χ3n) is 7.01. The number of ether oxygens (including phenoxy) is 2. The lowest BCUT2D eigenvalue weighted by Gasteiger charge is -2.24. The van der Waals surface area contributed by atoms with E-state index in [1.807, 2.05) is 0 Å². The van der Waals surface area contributed by atoms with Gasteiger partial charge in [0.2, 0.25) is 0 Å². The van der Waals surface area contributed by atoms with Crippen molar-refractivity contribution in [2.45, 2.75) is 89.3 Å². The summed E-state index contributed by atoms with van der Waals surface area (Å²) in [6, 6.07) is 0. The Kier molecular flexibility index (Phi) is 7.65. The largest absolute Gasteiger partial charge is 0.463 e. The SMILES string of the molecule is CCC(=O)Cc1nc(NC)c2ncn([C@@H]3O[C@H](COC(=O)CC4CCCCC4)[C@@H](O)[C@@]3(C)F)c2n1. The fourth-order valence-electron chi connectivity index (χ4n) is 4.90. The number of carbonyl (C=O) groups excluding carboxylic acids is 2. The Morgan fingerprint density at radius 3 is 2.74 bits per heavy atom. The molecule has 1 saturated carbocycles. The van der Waals surface area contributed by atoms with Crippen LogP contribution in [-0.2, 0) is 25.5 Å². The number of hydrogen-bond acceptors (Lipinski definition) is 9. The van der Waals surface area contributed by atoms with E-state index in [4.69, 9.17) is 9.47 Å². The standard InChI is InChI=1S/C24H34FN5O5/c1-4-15(31)11-17-28-21(26-3)19-22(29-17)30(13-27-19)23-24(2,25)20(33)16(35-23)12-34-18(32)10-14-8-6-5-7-9-14/h13-14,16,20,23,33H,4-12H2,1-3H3,(H,26,28,29)/t16-,20-,23-,24-/m1/s1. The van der Waals surface area contributed by atoms with Crippen LogP contribution in [0.2, 0.25) is 0 Å². The second-order valence-corrected chi connectivity index (χ2v) is 9.65. The van der Waals surface area contributed by atoms with Crippen LogP contribution in [0.15, 0.2) is 6.33 Å². The van der Waals surface area contributed by atoms with E-state index in [1.165, 1.54) is 24.2 Å². The lowest BCUT2D eigenvalue weighted by molar-refractivity contribution is -0.151. The zero-order valence-electron chi connectivity index (χ0n) is 20.5. The van der Waals surface area contributed by atoms with Gasteiger partial charge in [-0.25, -0.2) is 19.3 Å². The molecule has 0 unspecified atom stereocenters. The molecule has 1 aliphatic carbocycles. The Hall–Kier alpha value is -2.66. The minimum atomic E-state index is -2.21. The monoisotopic (exact) mass is 491 g/mol. The van der Waals surface area contributed by atoms with Gasteiger partial charge in [-0.2, -0.15) is 0 Å². The summed E-state index contributed by atoms with van der Waals surface area (Å²) in [5, 5.41) is 13.6. The maximum atomic E-state index is 15.8.